The fraction of sp³-hybridized carbons (Fsp3) is 0.826. The summed E-state index contributed by atoms with van der Waals surface area (Å²) in [6.07, 6.45) is 13.6. The van der Waals surface area contributed by atoms with E-state index in [9.17, 15) is 9.90 Å². The Balaban J connectivity index is 0.00000218. The van der Waals surface area contributed by atoms with Crippen molar-refractivity contribution < 1.29 is 30.3 Å². The van der Waals surface area contributed by atoms with Gasteiger partial charge >= 0.3 is 0 Å². The standard InChI is InChI=1S/C23H33N4O2.Re/c1-21(29)10-11-22(2)15(12-21)4-5-16-17-6-7-19(23(17,3)9-8-18(16)22)20(28)13-27-14-24-25-26-27;/h8,15-17,19,29H,4-7,9-13H2,1-3H3;/q-1;/t15-,16+,17?,19-,21-,22+,23+;/m1./s1. The molecule has 1 heterocycles. The molecule has 1 unspecified atom stereocenters. The van der Waals surface area contributed by atoms with Crippen molar-refractivity contribution in [2.75, 3.05) is 0 Å². The molecule has 1 aromatic heterocycles. The van der Waals surface area contributed by atoms with Crippen molar-refractivity contribution in [1.82, 2.24) is 20.2 Å². The topological polar surface area (TPSA) is 80.9 Å². The van der Waals surface area contributed by atoms with Crippen molar-refractivity contribution in [2.45, 2.75) is 84.3 Å². The predicted octanol–water partition coefficient (Wildman–Crippen LogP) is 3.37. The second kappa shape index (κ2) is 7.60. The molecule has 0 bridgehead atoms. The Kier molecular flexibility index (Phi) is 5.65. The number of Topliss-reactive ketones (excluding diaryl/α,β-unsaturated/α-hetero) is 1. The Hall–Kier alpha value is -0.898. The molecule has 1 radical (unpaired) electrons. The van der Waals surface area contributed by atoms with Gasteiger partial charge < -0.3 is 14.9 Å². The van der Waals surface area contributed by atoms with Crippen LogP contribution in [0.1, 0.15) is 72.1 Å². The maximum absolute atomic E-state index is 13.1. The van der Waals surface area contributed by atoms with Crippen LogP contribution < -0.4 is 0 Å². The fourth-order valence-corrected chi connectivity index (χ4v) is 7.72. The van der Waals surface area contributed by atoms with Crippen LogP contribution in [-0.2, 0) is 31.8 Å². The van der Waals surface area contributed by atoms with Gasteiger partial charge in [-0.1, -0.05) is 35.9 Å². The third kappa shape index (κ3) is 3.36. The summed E-state index contributed by atoms with van der Waals surface area (Å²) in [7, 11) is 0. The summed E-state index contributed by atoms with van der Waals surface area (Å²) in [6.45, 7) is 7.05. The molecule has 7 heteroatoms. The molecule has 1 aromatic rings. The average Bonchev–Trinajstić information content (AvgIpc) is 3.29. The molecule has 5 rings (SSSR count). The molecule has 7 atom stereocenters. The molecule has 30 heavy (non-hydrogen) atoms. The molecule has 0 amide bonds. The molecule has 4 aliphatic rings. The van der Waals surface area contributed by atoms with Crippen LogP contribution in [0.2, 0.25) is 0 Å². The van der Waals surface area contributed by atoms with Crippen LogP contribution >= 0.6 is 0 Å². The van der Waals surface area contributed by atoms with Gasteiger partial charge in [0.15, 0.2) is 5.78 Å². The third-order valence-electron chi connectivity index (χ3n) is 9.36. The summed E-state index contributed by atoms with van der Waals surface area (Å²) in [4.78, 5) is 13.1. The molecule has 0 aromatic carbocycles. The largest absolute Gasteiger partial charge is 0.401 e. The molecular weight excluding hydrogens is 550 g/mol. The third-order valence-corrected chi connectivity index (χ3v) is 9.36. The normalized spacial score (nSPS) is 44.9. The number of allylic oxidation sites excluding steroid dienone is 2. The number of carbonyl (C=O) groups is 1. The Morgan fingerprint density at radius 3 is 2.77 bits per heavy atom. The van der Waals surface area contributed by atoms with E-state index < -0.39 is 5.60 Å². The number of aliphatic hydroxyl groups is 1. The van der Waals surface area contributed by atoms with Gasteiger partial charge in [0, 0.05) is 26.3 Å². The van der Waals surface area contributed by atoms with Crippen molar-refractivity contribution in [3.05, 3.63) is 18.0 Å². The molecule has 0 saturated heterocycles. The summed E-state index contributed by atoms with van der Waals surface area (Å²) in [6, 6.07) is 0. The van der Waals surface area contributed by atoms with Crippen molar-refractivity contribution in [3.8, 4) is 0 Å². The van der Waals surface area contributed by atoms with Gasteiger partial charge in [0.25, 0.3) is 0 Å². The van der Waals surface area contributed by atoms with E-state index in [1.807, 2.05) is 6.92 Å². The van der Waals surface area contributed by atoms with Crippen LogP contribution in [0.4, 0.5) is 0 Å². The van der Waals surface area contributed by atoms with Crippen LogP contribution in [0.15, 0.2) is 11.6 Å². The molecule has 6 nitrogen and oxygen atoms in total. The molecular formula is C23H33N4O2Re-. The van der Waals surface area contributed by atoms with Crippen molar-refractivity contribution >= 4 is 5.78 Å². The van der Waals surface area contributed by atoms with Crippen LogP contribution in [0, 0.1) is 40.8 Å². The quantitative estimate of drug-likeness (QED) is 0.436. The number of hydrogen-bond donors (Lipinski definition) is 1. The van der Waals surface area contributed by atoms with E-state index in [1.165, 1.54) is 17.5 Å². The molecule has 0 aliphatic heterocycles. The zero-order chi connectivity index (χ0) is 20.4. The summed E-state index contributed by atoms with van der Waals surface area (Å²) in [5.74, 6) is 2.13. The Labute approximate surface area is 192 Å². The summed E-state index contributed by atoms with van der Waals surface area (Å²) in [5.41, 5.74) is 1.44. The van der Waals surface area contributed by atoms with Gasteiger partial charge in [-0.2, -0.15) is 0 Å². The average molecular weight is 584 g/mol. The smallest absolute Gasteiger partial charge is 0.154 e. The van der Waals surface area contributed by atoms with Gasteiger partial charge in [0.2, 0.25) is 0 Å². The van der Waals surface area contributed by atoms with Crippen LogP contribution in [0.25, 0.3) is 0 Å². The van der Waals surface area contributed by atoms with Crippen LogP contribution in [0.5, 0.6) is 0 Å². The number of aromatic nitrogens is 4. The van der Waals surface area contributed by atoms with Crippen LogP contribution in [-0.4, -0.2) is 36.7 Å². The van der Waals surface area contributed by atoms with E-state index in [-0.39, 0.29) is 49.5 Å². The second-order valence-electron chi connectivity index (χ2n) is 11.0. The van der Waals surface area contributed by atoms with E-state index in [4.69, 9.17) is 0 Å². The van der Waals surface area contributed by atoms with Crippen molar-refractivity contribution in [2.24, 2.45) is 34.5 Å². The first-order chi connectivity index (χ1) is 13.7. The maximum atomic E-state index is 13.1. The molecule has 0 spiro atoms. The minimum atomic E-state index is -0.501. The van der Waals surface area contributed by atoms with Gasteiger partial charge in [-0.3, -0.25) is 4.79 Å². The van der Waals surface area contributed by atoms with Gasteiger partial charge in [-0.15, -0.1) is 0 Å². The summed E-state index contributed by atoms with van der Waals surface area (Å²) >= 11 is 0. The minimum Gasteiger partial charge on any atom is -0.401 e. The first kappa shape index (κ1) is 22.3. The predicted molar refractivity (Wildman–Crippen MR) is 107 cm³/mol. The minimum absolute atomic E-state index is 0. The molecule has 4 aliphatic carbocycles. The van der Waals surface area contributed by atoms with E-state index in [0.717, 1.165) is 38.5 Å². The van der Waals surface area contributed by atoms with Gasteiger partial charge in [-0.25, -0.2) is 6.33 Å². The Bertz CT molecular complexity index is 838. The number of fused-ring (bicyclic) bond motifs is 5. The number of rotatable bonds is 3. The summed E-state index contributed by atoms with van der Waals surface area (Å²) in [5, 5.41) is 21.6. The number of carbonyl (C=O) groups excluding carboxylic acids is 1. The monoisotopic (exact) mass is 584 g/mol. The van der Waals surface area contributed by atoms with E-state index >= 15 is 0 Å². The molecule has 3 fully saturated rings. The van der Waals surface area contributed by atoms with Gasteiger partial charge in [0.05, 0.1) is 12.1 Å². The zero-order valence-corrected chi connectivity index (χ0v) is 21.0. The molecule has 3 saturated carbocycles. The second-order valence-corrected chi connectivity index (χ2v) is 11.0. The number of tetrazole rings is 1. The first-order valence-electron chi connectivity index (χ1n) is 11.3. The number of hydrogen-bond acceptors (Lipinski definition) is 5. The van der Waals surface area contributed by atoms with Gasteiger partial charge in [-0.05, 0) is 86.9 Å². The Morgan fingerprint density at radius 1 is 1.23 bits per heavy atom. The zero-order valence-electron chi connectivity index (χ0n) is 18.3. The summed E-state index contributed by atoms with van der Waals surface area (Å²) < 4.78 is 1.43. The van der Waals surface area contributed by atoms with Gasteiger partial charge in [0.1, 0.15) is 0 Å². The van der Waals surface area contributed by atoms with E-state index in [1.54, 1.807) is 5.57 Å². The molecule has 165 valence electrons. The van der Waals surface area contributed by atoms with E-state index in [0.29, 0.717) is 17.8 Å². The van der Waals surface area contributed by atoms with E-state index in [2.05, 4.69) is 41.8 Å². The van der Waals surface area contributed by atoms with Crippen molar-refractivity contribution in [3.63, 3.8) is 0 Å². The Morgan fingerprint density at radius 2 is 2.03 bits per heavy atom. The number of ketones is 1. The molecule has 1 N–H and O–H groups in total. The SMILES string of the molecule is C[C@@]1(O)CC[C@]2(C)C3=CC[C@@]4(C)C(CC[C@@H]4C(=O)Cn4[c-]nnn4)[C@@H]3CC[C@@H]2C1.[Re]. The van der Waals surface area contributed by atoms with Crippen molar-refractivity contribution in [1.29, 1.82) is 0 Å². The van der Waals surface area contributed by atoms with Crippen LogP contribution in [0.3, 0.4) is 0 Å². The maximum Gasteiger partial charge on any atom is 0.154 e. The number of nitrogens with zero attached hydrogens (tertiary/aromatic N) is 4. The first-order valence-corrected chi connectivity index (χ1v) is 11.3. The fourth-order valence-electron chi connectivity index (χ4n) is 7.72.